The zero-order valence-corrected chi connectivity index (χ0v) is 16.6. The lowest BCUT2D eigenvalue weighted by molar-refractivity contribution is 0.176. The largest absolute Gasteiger partial charge is 0.352 e. The Bertz CT molecular complexity index is 1080. The molecule has 2 aliphatic heterocycles. The fraction of sp³-hybridized carbons (Fsp3) is 0.450. The van der Waals surface area contributed by atoms with Gasteiger partial charge in [0.25, 0.3) is 5.56 Å². The number of nitrogens with zero attached hydrogens (tertiary/aromatic N) is 4. The Hall–Kier alpha value is -2.32. The van der Waals surface area contributed by atoms with Crippen LogP contribution in [0.1, 0.15) is 19.3 Å². The van der Waals surface area contributed by atoms with Crippen molar-refractivity contribution in [3.63, 3.8) is 0 Å². The Kier molecular flexibility index (Phi) is 4.21. The highest BCUT2D eigenvalue weighted by Gasteiger charge is 2.43. The molecule has 5 heterocycles. The van der Waals surface area contributed by atoms with Crippen molar-refractivity contribution < 1.29 is 4.39 Å². The summed E-state index contributed by atoms with van der Waals surface area (Å²) in [7, 11) is 3.64. The second kappa shape index (κ2) is 6.63. The molecule has 1 N–H and O–H groups in total. The molecule has 0 spiro atoms. The van der Waals surface area contributed by atoms with E-state index in [4.69, 9.17) is 0 Å². The van der Waals surface area contributed by atoms with Gasteiger partial charge in [0, 0.05) is 37.1 Å². The SMILES string of the molecule is CN(c1ccc(-c2cc3c(=O)n(C)ccc3s2)nn1)[C@H]1CC2CCC(N2)[C@H]1F. The second-order valence-electron chi connectivity index (χ2n) is 7.80. The predicted octanol–water partition coefficient (Wildman–Crippen LogP) is 2.72. The van der Waals surface area contributed by atoms with Crippen LogP contribution in [0, 0.1) is 0 Å². The van der Waals surface area contributed by atoms with E-state index >= 15 is 0 Å². The molecule has 8 heteroatoms. The monoisotopic (exact) mass is 399 g/mol. The zero-order valence-electron chi connectivity index (χ0n) is 15.8. The fourth-order valence-electron chi connectivity index (χ4n) is 4.42. The third-order valence-corrected chi connectivity index (χ3v) is 7.20. The van der Waals surface area contributed by atoms with Gasteiger partial charge in [0.05, 0.1) is 16.3 Å². The highest BCUT2D eigenvalue weighted by Crippen LogP contribution is 2.34. The number of alkyl halides is 1. The molecule has 4 atom stereocenters. The van der Waals surface area contributed by atoms with E-state index < -0.39 is 6.17 Å². The van der Waals surface area contributed by atoms with Gasteiger partial charge in [0.15, 0.2) is 5.82 Å². The number of thiophene rings is 1. The maximum Gasteiger partial charge on any atom is 0.259 e. The summed E-state index contributed by atoms with van der Waals surface area (Å²) in [6.07, 6.45) is 3.62. The summed E-state index contributed by atoms with van der Waals surface area (Å²) in [5.74, 6) is 0.676. The smallest absolute Gasteiger partial charge is 0.259 e. The summed E-state index contributed by atoms with van der Waals surface area (Å²) in [6.45, 7) is 0. The lowest BCUT2D eigenvalue weighted by Gasteiger charge is -2.38. The zero-order chi connectivity index (χ0) is 19.4. The van der Waals surface area contributed by atoms with Crippen LogP contribution in [0.4, 0.5) is 10.2 Å². The van der Waals surface area contributed by atoms with Gasteiger partial charge in [-0.1, -0.05) is 0 Å². The lowest BCUT2D eigenvalue weighted by atomic mass is 9.96. The van der Waals surface area contributed by atoms with Crippen molar-refractivity contribution in [1.29, 1.82) is 0 Å². The summed E-state index contributed by atoms with van der Waals surface area (Å²) >= 11 is 1.53. The van der Waals surface area contributed by atoms with Crippen LogP contribution in [0.3, 0.4) is 0 Å². The first kappa shape index (κ1) is 17.8. The van der Waals surface area contributed by atoms with Crippen LogP contribution in [0.5, 0.6) is 0 Å². The molecule has 146 valence electrons. The highest BCUT2D eigenvalue weighted by atomic mass is 32.1. The van der Waals surface area contributed by atoms with Crippen molar-refractivity contribution in [2.45, 2.75) is 43.6 Å². The van der Waals surface area contributed by atoms with E-state index in [2.05, 4.69) is 15.5 Å². The summed E-state index contributed by atoms with van der Waals surface area (Å²) < 4.78 is 17.3. The Labute approximate surface area is 166 Å². The highest BCUT2D eigenvalue weighted by molar-refractivity contribution is 7.22. The maximum absolute atomic E-state index is 14.8. The Morgan fingerprint density at radius 2 is 2.14 bits per heavy atom. The third kappa shape index (κ3) is 2.82. The van der Waals surface area contributed by atoms with E-state index in [0.717, 1.165) is 34.5 Å². The van der Waals surface area contributed by atoms with E-state index in [1.807, 2.05) is 36.2 Å². The fourth-order valence-corrected chi connectivity index (χ4v) is 5.43. The predicted molar refractivity (Wildman–Crippen MR) is 110 cm³/mol. The van der Waals surface area contributed by atoms with E-state index in [1.165, 1.54) is 11.3 Å². The molecule has 0 aliphatic carbocycles. The van der Waals surface area contributed by atoms with Crippen molar-refractivity contribution in [1.82, 2.24) is 20.1 Å². The van der Waals surface area contributed by atoms with Gasteiger partial charge in [-0.15, -0.1) is 21.5 Å². The minimum atomic E-state index is -0.899. The summed E-state index contributed by atoms with van der Waals surface area (Å²) in [5.41, 5.74) is 0.710. The number of aryl methyl sites for hydroxylation is 1. The van der Waals surface area contributed by atoms with Crippen LogP contribution in [0.25, 0.3) is 20.7 Å². The Morgan fingerprint density at radius 3 is 2.93 bits per heavy atom. The van der Waals surface area contributed by atoms with Crippen molar-refractivity contribution in [2.24, 2.45) is 7.05 Å². The first-order valence-electron chi connectivity index (χ1n) is 9.57. The molecule has 2 unspecified atom stereocenters. The molecular weight excluding hydrogens is 377 g/mol. The molecule has 0 radical (unpaired) electrons. The van der Waals surface area contributed by atoms with Gasteiger partial charge in [0.1, 0.15) is 11.9 Å². The number of hydrogen-bond donors (Lipinski definition) is 1. The van der Waals surface area contributed by atoms with Gasteiger partial charge in [-0.3, -0.25) is 4.79 Å². The van der Waals surface area contributed by atoms with Gasteiger partial charge in [0.2, 0.25) is 0 Å². The molecule has 3 aromatic heterocycles. The number of pyridine rings is 1. The van der Waals surface area contributed by atoms with E-state index in [1.54, 1.807) is 17.8 Å². The van der Waals surface area contributed by atoms with Gasteiger partial charge < -0.3 is 14.8 Å². The molecule has 2 fully saturated rings. The Morgan fingerprint density at radius 1 is 1.29 bits per heavy atom. The first-order chi connectivity index (χ1) is 13.5. The van der Waals surface area contributed by atoms with Crippen molar-refractivity contribution in [3.05, 3.63) is 40.8 Å². The Balaban J connectivity index is 1.41. The maximum atomic E-state index is 14.8. The lowest BCUT2D eigenvalue weighted by Crippen LogP contribution is -2.55. The van der Waals surface area contributed by atoms with Crippen molar-refractivity contribution in [2.75, 3.05) is 11.9 Å². The van der Waals surface area contributed by atoms with Crippen LogP contribution in [-0.4, -0.2) is 46.1 Å². The van der Waals surface area contributed by atoms with E-state index in [9.17, 15) is 9.18 Å². The summed E-state index contributed by atoms with van der Waals surface area (Å²) in [4.78, 5) is 15.1. The second-order valence-corrected chi connectivity index (χ2v) is 8.89. The minimum Gasteiger partial charge on any atom is -0.352 e. The minimum absolute atomic E-state index is 0.0150. The van der Waals surface area contributed by atoms with Crippen molar-refractivity contribution in [3.8, 4) is 10.6 Å². The number of anilines is 1. The average molecular weight is 399 g/mol. The van der Waals surface area contributed by atoms with Crippen LogP contribution >= 0.6 is 11.3 Å². The van der Waals surface area contributed by atoms with Crippen LogP contribution < -0.4 is 15.8 Å². The molecule has 2 bridgehead atoms. The number of piperidine rings is 1. The van der Waals surface area contributed by atoms with Gasteiger partial charge in [-0.25, -0.2) is 4.39 Å². The van der Waals surface area contributed by atoms with Gasteiger partial charge in [-0.2, -0.15) is 0 Å². The first-order valence-corrected chi connectivity index (χ1v) is 10.4. The molecule has 3 aromatic rings. The molecule has 28 heavy (non-hydrogen) atoms. The molecule has 0 saturated carbocycles. The molecular formula is C20H22FN5OS. The summed E-state index contributed by atoms with van der Waals surface area (Å²) in [5, 5.41) is 12.8. The molecule has 0 amide bonds. The summed E-state index contributed by atoms with van der Waals surface area (Å²) in [6, 6.07) is 7.78. The number of rotatable bonds is 3. The van der Waals surface area contributed by atoms with Gasteiger partial charge >= 0.3 is 0 Å². The topological polar surface area (TPSA) is 63.1 Å². The third-order valence-electron chi connectivity index (χ3n) is 6.08. The number of halogens is 1. The normalized spacial score (nSPS) is 26.7. The standard InChI is InChI=1S/C20H22FN5OS/c1-25-8-7-16-12(20(25)27)10-17(28-16)13-5-6-18(24-23-13)26(2)15-9-11-3-4-14(22-11)19(15)21/h5-8,10-11,14-15,19,22H,3-4,9H2,1-2H3/t11?,14?,15-,19+/m0/s1. The van der Waals surface area contributed by atoms with E-state index in [-0.39, 0.29) is 17.6 Å². The number of aromatic nitrogens is 3. The molecule has 5 rings (SSSR count). The van der Waals surface area contributed by atoms with Crippen LogP contribution in [0.15, 0.2) is 35.3 Å². The van der Waals surface area contributed by atoms with E-state index in [0.29, 0.717) is 17.2 Å². The van der Waals surface area contributed by atoms with Crippen LogP contribution in [-0.2, 0) is 7.05 Å². The number of hydrogen-bond acceptors (Lipinski definition) is 6. The number of fused-ring (bicyclic) bond motifs is 3. The number of nitrogens with one attached hydrogen (secondary N) is 1. The van der Waals surface area contributed by atoms with Crippen molar-refractivity contribution >= 4 is 27.2 Å². The molecule has 6 nitrogen and oxygen atoms in total. The molecule has 2 aliphatic rings. The molecule has 0 aromatic carbocycles. The average Bonchev–Trinajstić information content (AvgIpc) is 3.32. The van der Waals surface area contributed by atoms with Crippen LogP contribution in [0.2, 0.25) is 0 Å². The quantitative estimate of drug-likeness (QED) is 0.734. The molecule has 2 saturated heterocycles. The van der Waals surface area contributed by atoms with Gasteiger partial charge in [-0.05, 0) is 43.5 Å².